The molecule has 0 aliphatic carbocycles. The summed E-state index contributed by atoms with van der Waals surface area (Å²) in [6, 6.07) is 15.6. The highest BCUT2D eigenvalue weighted by atomic mass is 16.5. The van der Waals surface area contributed by atoms with Gasteiger partial charge < -0.3 is 10.5 Å². The smallest absolute Gasteiger partial charge is 0.224 e. The summed E-state index contributed by atoms with van der Waals surface area (Å²) in [7, 11) is 0. The number of nitrogens with two attached hydrogens (primary N) is 1. The van der Waals surface area contributed by atoms with Gasteiger partial charge in [0, 0.05) is 6.07 Å². The Kier molecular flexibility index (Phi) is 2.76. The Bertz CT molecular complexity index is 720. The fraction of sp³-hybridized carbons (Fsp3) is 0.0667. The molecule has 0 unspecified atom stereocenters. The second-order valence-electron chi connectivity index (χ2n) is 4.29. The van der Waals surface area contributed by atoms with Crippen molar-refractivity contribution in [3.05, 3.63) is 54.4 Å². The van der Waals surface area contributed by atoms with Crippen molar-refractivity contribution in [2.45, 2.75) is 6.92 Å². The van der Waals surface area contributed by atoms with Crippen LogP contribution in [-0.2, 0) is 0 Å². The zero-order valence-corrected chi connectivity index (χ0v) is 10.5. The third-order valence-electron chi connectivity index (χ3n) is 2.78. The number of hydrogen-bond donors (Lipinski definition) is 1. The molecule has 0 amide bonds. The van der Waals surface area contributed by atoms with Crippen LogP contribution < -0.4 is 10.5 Å². The van der Waals surface area contributed by atoms with Crippen LogP contribution in [0.4, 0.5) is 5.82 Å². The number of rotatable bonds is 2. The molecular weight excluding hydrogens is 238 g/mol. The highest BCUT2D eigenvalue weighted by Crippen LogP contribution is 2.25. The van der Waals surface area contributed by atoms with E-state index in [1.807, 2.05) is 36.4 Å². The van der Waals surface area contributed by atoms with Crippen molar-refractivity contribution in [1.29, 1.82) is 0 Å². The Morgan fingerprint density at radius 3 is 2.53 bits per heavy atom. The van der Waals surface area contributed by atoms with Crippen LogP contribution in [0.15, 0.2) is 48.5 Å². The number of hydrogen-bond acceptors (Lipinski definition) is 4. The first kappa shape index (κ1) is 11.5. The molecule has 0 radical (unpaired) electrons. The summed E-state index contributed by atoms with van der Waals surface area (Å²) < 4.78 is 5.72. The molecule has 0 fully saturated rings. The van der Waals surface area contributed by atoms with Crippen molar-refractivity contribution < 1.29 is 4.74 Å². The molecule has 0 saturated carbocycles. The SMILES string of the molecule is Cc1nc(N)cc(Oc2ccc3ccccc3c2)n1. The van der Waals surface area contributed by atoms with Crippen LogP contribution in [0.25, 0.3) is 10.8 Å². The number of nitrogen functional groups attached to an aromatic ring is 1. The first-order valence-corrected chi connectivity index (χ1v) is 5.98. The highest BCUT2D eigenvalue weighted by Gasteiger charge is 2.03. The Morgan fingerprint density at radius 2 is 1.74 bits per heavy atom. The molecule has 0 spiro atoms. The third-order valence-corrected chi connectivity index (χ3v) is 2.78. The molecular formula is C15H13N3O. The molecule has 0 saturated heterocycles. The number of nitrogens with zero attached hydrogens (tertiary/aromatic N) is 2. The summed E-state index contributed by atoms with van der Waals surface area (Å²) >= 11 is 0. The Balaban J connectivity index is 1.96. The average molecular weight is 251 g/mol. The number of aryl methyl sites for hydroxylation is 1. The zero-order valence-electron chi connectivity index (χ0n) is 10.5. The van der Waals surface area contributed by atoms with Crippen LogP contribution in [0, 0.1) is 6.92 Å². The molecule has 94 valence electrons. The minimum atomic E-state index is 0.406. The monoisotopic (exact) mass is 251 g/mol. The van der Waals surface area contributed by atoms with Crippen molar-refractivity contribution in [3.63, 3.8) is 0 Å². The lowest BCUT2D eigenvalue weighted by Gasteiger charge is -2.07. The predicted molar refractivity (Wildman–Crippen MR) is 75.2 cm³/mol. The summed E-state index contributed by atoms with van der Waals surface area (Å²) in [5.74, 6) is 2.19. The highest BCUT2D eigenvalue weighted by molar-refractivity contribution is 5.83. The maximum Gasteiger partial charge on any atom is 0.224 e. The van der Waals surface area contributed by atoms with Crippen LogP contribution in [-0.4, -0.2) is 9.97 Å². The van der Waals surface area contributed by atoms with E-state index in [0.717, 1.165) is 11.1 Å². The van der Waals surface area contributed by atoms with Crippen molar-refractivity contribution in [1.82, 2.24) is 9.97 Å². The predicted octanol–water partition coefficient (Wildman–Crippen LogP) is 3.31. The molecule has 4 heteroatoms. The number of aromatic nitrogens is 2. The first-order valence-electron chi connectivity index (χ1n) is 5.98. The topological polar surface area (TPSA) is 61.0 Å². The van der Waals surface area contributed by atoms with Gasteiger partial charge in [-0.15, -0.1) is 0 Å². The number of ether oxygens (including phenoxy) is 1. The minimum absolute atomic E-state index is 0.406. The summed E-state index contributed by atoms with van der Waals surface area (Å²) in [6.07, 6.45) is 0. The van der Waals surface area contributed by atoms with E-state index in [1.54, 1.807) is 13.0 Å². The van der Waals surface area contributed by atoms with Crippen LogP contribution in [0.3, 0.4) is 0 Å². The molecule has 3 rings (SSSR count). The minimum Gasteiger partial charge on any atom is -0.439 e. The molecule has 0 aliphatic heterocycles. The fourth-order valence-electron chi connectivity index (χ4n) is 1.97. The summed E-state index contributed by atoms with van der Waals surface area (Å²) in [5.41, 5.74) is 5.67. The van der Waals surface area contributed by atoms with E-state index in [2.05, 4.69) is 16.0 Å². The summed E-state index contributed by atoms with van der Waals surface area (Å²) in [4.78, 5) is 8.21. The Morgan fingerprint density at radius 1 is 0.947 bits per heavy atom. The van der Waals surface area contributed by atoms with Gasteiger partial charge in [-0.3, -0.25) is 0 Å². The van der Waals surface area contributed by atoms with Crippen molar-refractivity contribution >= 4 is 16.6 Å². The molecule has 4 nitrogen and oxygen atoms in total. The summed E-state index contributed by atoms with van der Waals surface area (Å²) in [5, 5.41) is 2.30. The second-order valence-corrected chi connectivity index (χ2v) is 4.29. The third kappa shape index (κ3) is 2.47. The molecule has 3 aromatic rings. The average Bonchev–Trinajstić information content (AvgIpc) is 2.37. The zero-order chi connectivity index (χ0) is 13.2. The van der Waals surface area contributed by atoms with Gasteiger partial charge in [-0.2, -0.15) is 4.98 Å². The van der Waals surface area contributed by atoms with E-state index in [1.165, 1.54) is 5.39 Å². The lowest BCUT2D eigenvalue weighted by atomic mass is 10.1. The molecule has 0 bridgehead atoms. The standard InChI is InChI=1S/C15H13N3O/c1-10-17-14(16)9-15(18-10)19-13-7-6-11-4-2-3-5-12(11)8-13/h2-9H,1H3,(H2,16,17,18). The van der Waals surface area contributed by atoms with Gasteiger partial charge in [-0.25, -0.2) is 4.98 Å². The lowest BCUT2D eigenvalue weighted by molar-refractivity contribution is 0.461. The number of fused-ring (bicyclic) bond motifs is 1. The van der Waals surface area contributed by atoms with Gasteiger partial charge in [0.25, 0.3) is 0 Å². The maximum absolute atomic E-state index is 5.72. The van der Waals surface area contributed by atoms with Crippen LogP contribution in [0.1, 0.15) is 5.82 Å². The fourth-order valence-corrected chi connectivity index (χ4v) is 1.97. The maximum atomic E-state index is 5.72. The number of benzene rings is 2. The van der Waals surface area contributed by atoms with E-state index in [9.17, 15) is 0 Å². The van der Waals surface area contributed by atoms with Gasteiger partial charge in [0.15, 0.2) is 0 Å². The molecule has 1 aromatic heterocycles. The van der Waals surface area contributed by atoms with Gasteiger partial charge in [0.1, 0.15) is 17.4 Å². The van der Waals surface area contributed by atoms with E-state index in [0.29, 0.717) is 17.5 Å². The first-order chi connectivity index (χ1) is 9.20. The van der Waals surface area contributed by atoms with E-state index in [-0.39, 0.29) is 0 Å². The van der Waals surface area contributed by atoms with Gasteiger partial charge in [0.05, 0.1) is 0 Å². The molecule has 2 aromatic carbocycles. The number of anilines is 1. The van der Waals surface area contributed by atoms with Crippen LogP contribution >= 0.6 is 0 Å². The second kappa shape index (κ2) is 4.57. The van der Waals surface area contributed by atoms with Gasteiger partial charge >= 0.3 is 0 Å². The molecule has 0 atom stereocenters. The van der Waals surface area contributed by atoms with Gasteiger partial charge in [-0.1, -0.05) is 30.3 Å². The van der Waals surface area contributed by atoms with Crippen molar-refractivity contribution in [3.8, 4) is 11.6 Å². The quantitative estimate of drug-likeness (QED) is 0.759. The van der Waals surface area contributed by atoms with Crippen LogP contribution in [0.5, 0.6) is 11.6 Å². The van der Waals surface area contributed by atoms with E-state index < -0.39 is 0 Å². The molecule has 0 aliphatic rings. The molecule has 1 heterocycles. The van der Waals surface area contributed by atoms with Crippen molar-refractivity contribution in [2.75, 3.05) is 5.73 Å². The Hall–Kier alpha value is -2.62. The van der Waals surface area contributed by atoms with Crippen molar-refractivity contribution in [2.24, 2.45) is 0 Å². The van der Waals surface area contributed by atoms with E-state index in [4.69, 9.17) is 10.5 Å². The van der Waals surface area contributed by atoms with Gasteiger partial charge in [-0.05, 0) is 29.8 Å². The summed E-state index contributed by atoms with van der Waals surface area (Å²) in [6.45, 7) is 1.78. The molecule has 2 N–H and O–H groups in total. The van der Waals surface area contributed by atoms with E-state index >= 15 is 0 Å². The van der Waals surface area contributed by atoms with Crippen LogP contribution in [0.2, 0.25) is 0 Å². The Labute approximate surface area is 110 Å². The largest absolute Gasteiger partial charge is 0.439 e. The lowest BCUT2D eigenvalue weighted by Crippen LogP contribution is -1.97. The van der Waals surface area contributed by atoms with Gasteiger partial charge in [0.2, 0.25) is 5.88 Å². The normalized spacial score (nSPS) is 10.6. The molecule has 19 heavy (non-hydrogen) atoms.